The summed E-state index contributed by atoms with van der Waals surface area (Å²) in [6.45, 7) is 0. The number of hydrogen-bond donors (Lipinski definition) is 1. The molecule has 2 aromatic rings. The second-order valence-electron chi connectivity index (χ2n) is 3.44. The second kappa shape index (κ2) is 5.53. The molecule has 0 spiro atoms. The third kappa shape index (κ3) is 3.01. The molecule has 0 aliphatic heterocycles. The van der Waals surface area contributed by atoms with Gasteiger partial charge in [-0.25, -0.2) is 0 Å². The van der Waals surface area contributed by atoms with Gasteiger partial charge in [0, 0.05) is 6.07 Å². The van der Waals surface area contributed by atoms with Gasteiger partial charge in [0.15, 0.2) is 11.5 Å². The molecule has 1 aromatic heterocycles. The maximum atomic E-state index is 10.7. The summed E-state index contributed by atoms with van der Waals surface area (Å²) in [4.78, 5) is 21.1. The summed E-state index contributed by atoms with van der Waals surface area (Å²) < 4.78 is 10.3. The van der Waals surface area contributed by atoms with Gasteiger partial charge in [0.1, 0.15) is 0 Å². The highest BCUT2D eigenvalue weighted by Gasteiger charge is 2.14. The van der Waals surface area contributed by atoms with Gasteiger partial charge >= 0.3 is 6.01 Å². The van der Waals surface area contributed by atoms with Crippen molar-refractivity contribution in [3.8, 4) is 17.5 Å². The number of non-ortho nitro benzene ring substituents is 1. The summed E-state index contributed by atoms with van der Waals surface area (Å²) in [5.41, 5.74) is 5.26. The third-order valence-electron chi connectivity index (χ3n) is 2.16. The number of hydrogen-bond acceptors (Lipinski definition) is 8. The number of ether oxygens (including phenoxy) is 2. The number of rotatable bonds is 4. The molecule has 1 aromatic carbocycles. The van der Waals surface area contributed by atoms with Crippen LogP contribution >= 0.6 is 11.6 Å². The summed E-state index contributed by atoms with van der Waals surface area (Å²) >= 11 is 5.61. The van der Waals surface area contributed by atoms with E-state index in [2.05, 4.69) is 15.0 Å². The minimum absolute atomic E-state index is 0.110. The molecule has 0 unspecified atom stereocenters. The predicted molar refractivity (Wildman–Crippen MR) is 69.0 cm³/mol. The highest BCUT2D eigenvalue weighted by Crippen LogP contribution is 2.33. The van der Waals surface area contributed by atoms with Crippen molar-refractivity contribution in [2.24, 2.45) is 0 Å². The normalized spacial score (nSPS) is 10.1. The van der Waals surface area contributed by atoms with Gasteiger partial charge in [0.2, 0.25) is 11.2 Å². The minimum Gasteiger partial charge on any atom is -0.493 e. The van der Waals surface area contributed by atoms with Crippen LogP contribution in [0.15, 0.2) is 18.2 Å². The lowest BCUT2D eigenvalue weighted by Gasteiger charge is -2.08. The number of nitro benzene ring substituents is 1. The van der Waals surface area contributed by atoms with Gasteiger partial charge in [-0.15, -0.1) is 0 Å². The molecule has 10 heteroatoms. The van der Waals surface area contributed by atoms with Crippen molar-refractivity contribution in [3.05, 3.63) is 33.6 Å². The molecule has 0 fully saturated rings. The molecule has 9 nitrogen and oxygen atoms in total. The molecule has 20 heavy (non-hydrogen) atoms. The summed E-state index contributed by atoms with van der Waals surface area (Å²) in [5.74, 6) is 0.218. The van der Waals surface area contributed by atoms with Crippen molar-refractivity contribution in [2.45, 2.75) is 0 Å². The standard InChI is InChI=1S/C10H8ClN5O4/c1-19-7-4-5(16(17)18)2-3-6(7)20-10-14-8(11)13-9(12)15-10/h2-4H,1H3,(H2,12,13,14,15). The largest absolute Gasteiger partial charge is 0.493 e. The number of aromatic nitrogens is 3. The first-order valence-electron chi connectivity index (χ1n) is 5.17. The number of anilines is 1. The molecule has 0 saturated carbocycles. The van der Waals surface area contributed by atoms with Crippen LogP contribution in [0, 0.1) is 10.1 Å². The Labute approximate surface area is 117 Å². The van der Waals surface area contributed by atoms with E-state index in [9.17, 15) is 10.1 Å². The van der Waals surface area contributed by atoms with Crippen LogP contribution in [0.5, 0.6) is 17.5 Å². The molecule has 0 aliphatic rings. The Balaban J connectivity index is 2.35. The van der Waals surface area contributed by atoms with E-state index < -0.39 is 4.92 Å². The Bertz CT molecular complexity index is 646. The van der Waals surface area contributed by atoms with E-state index in [4.69, 9.17) is 26.8 Å². The highest BCUT2D eigenvalue weighted by atomic mass is 35.5. The number of benzene rings is 1. The van der Waals surface area contributed by atoms with E-state index in [0.717, 1.165) is 0 Å². The summed E-state index contributed by atoms with van der Waals surface area (Å²) in [5, 5.41) is 10.5. The van der Waals surface area contributed by atoms with Gasteiger partial charge in [0.05, 0.1) is 18.1 Å². The molecule has 2 rings (SSSR count). The topological polar surface area (TPSA) is 126 Å². The van der Waals surface area contributed by atoms with Crippen LogP contribution in [0.1, 0.15) is 0 Å². The van der Waals surface area contributed by atoms with Gasteiger partial charge in [-0.1, -0.05) is 0 Å². The lowest BCUT2D eigenvalue weighted by atomic mass is 10.3. The fourth-order valence-corrected chi connectivity index (χ4v) is 1.50. The van der Waals surface area contributed by atoms with Crippen LogP contribution in [0.3, 0.4) is 0 Å². The zero-order chi connectivity index (χ0) is 14.7. The van der Waals surface area contributed by atoms with Crippen LogP contribution in [0.25, 0.3) is 0 Å². The van der Waals surface area contributed by atoms with E-state index in [-0.39, 0.29) is 34.4 Å². The maximum Gasteiger partial charge on any atom is 0.328 e. The molecule has 2 N–H and O–H groups in total. The number of nitrogens with two attached hydrogens (primary N) is 1. The Morgan fingerprint density at radius 3 is 2.65 bits per heavy atom. The van der Waals surface area contributed by atoms with Crippen molar-refractivity contribution in [2.75, 3.05) is 12.8 Å². The fraction of sp³-hybridized carbons (Fsp3) is 0.100. The molecule has 0 saturated heterocycles. The average Bonchev–Trinajstić information content (AvgIpc) is 2.37. The van der Waals surface area contributed by atoms with Crippen molar-refractivity contribution in [1.82, 2.24) is 15.0 Å². The molecule has 0 radical (unpaired) electrons. The number of halogens is 1. The predicted octanol–water partition coefficient (Wildman–Crippen LogP) is 1.82. The Kier molecular flexibility index (Phi) is 3.80. The first-order chi connectivity index (χ1) is 9.49. The zero-order valence-corrected chi connectivity index (χ0v) is 10.9. The van der Waals surface area contributed by atoms with Gasteiger partial charge < -0.3 is 15.2 Å². The number of methoxy groups -OCH3 is 1. The molecule has 0 amide bonds. The average molecular weight is 298 g/mol. The van der Waals surface area contributed by atoms with E-state index in [0.29, 0.717) is 0 Å². The molecule has 1 heterocycles. The lowest BCUT2D eigenvalue weighted by Crippen LogP contribution is -2.01. The van der Waals surface area contributed by atoms with Crippen LogP contribution in [0.4, 0.5) is 11.6 Å². The van der Waals surface area contributed by atoms with E-state index in [1.54, 1.807) is 0 Å². The first-order valence-corrected chi connectivity index (χ1v) is 5.54. The van der Waals surface area contributed by atoms with E-state index in [1.807, 2.05) is 0 Å². The van der Waals surface area contributed by atoms with Crippen molar-refractivity contribution in [1.29, 1.82) is 0 Å². The molecule has 0 atom stereocenters. The Morgan fingerprint density at radius 1 is 1.30 bits per heavy atom. The third-order valence-corrected chi connectivity index (χ3v) is 2.33. The van der Waals surface area contributed by atoms with Gasteiger partial charge in [-0.3, -0.25) is 10.1 Å². The van der Waals surface area contributed by atoms with Gasteiger partial charge in [0.25, 0.3) is 5.69 Å². The van der Waals surface area contributed by atoms with Crippen molar-refractivity contribution >= 4 is 23.2 Å². The highest BCUT2D eigenvalue weighted by molar-refractivity contribution is 6.28. The number of nitrogen functional groups attached to an aromatic ring is 1. The van der Waals surface area contributed by atoms with Crippen LogP contribution in [-0.2, 0) is 0 Å². The van der Waals surface area contributed by atoms with E-state index >= 15 is 0 Å². The summed E-state index contributed by atoms with van der Waals surface area (Å²) in [6, 6.07) is 3.67. The second-order valence-corrected chi connectivity index (χ2v) is 3.78. The molecule has 104 valence electrons. The SMILES string of the molecule is COc1cc([N+](=O)[O-])ccc1Oc1nc(N)nc(Cl)n1. The minimum atomic E-state index is -0.551. The zero-order valence-electron chi connectivity index (χ0n) is 10.1. The molecule has 0 bridgehead atoms. The molecular weight excluding hydrogens is 290 g/mol. The van der Waals surface area contributed by atoms with Crippen molar-refractivity contribution < 1.29 is 14.4 Å². The number of nitrogens with zero attached hydrogens (tertiary/aromatic N) is 4. The first kappa shape index (κ1) is 13.7. The summed E-state index contributed by atoms with van der Waals surface area (Å²) in [7, 11) is 1.35. The van der Waals surface area contributed by atoms with Crippen molar-refractivity contribution in [3.63, 3.8) is 0 Å². The number of nitro groups is 1. The van der Waals surface area contributed by atoms with E-state index in [1.165, 1.54) is 25.3 Å². The lowest BCUT2D eigenvalue weighted by molar-refractivity contribution is -0.384. The van der Waals surface area contributed by atoms with Gasteiger partial charge in [-0.2, -0.15) is 15.0 Å². The fourth-order valence-electron chi connectivity index (χ4n) is 1.34. The Hall–Kier alpha value is -2.68. The summed E-state index contributed by atoms with van der Waals surface area (Å²) in [6.07, 6.45) is 0. The Morgan fingerprint density at radius 2 is 2.05 bits per heavy atom. The van der Waals surface area contributed by atoms with Crippen LogP contribution in [-0.4, -0.2) is 27.0 Å². The maximum absolute atomic E-state index is 10.7. The monoisotopic (exact) mass is 297 g/mol. The smallest absolute Gasteiger partial charge is 0.328 e. The molecular formula is C10H8ClN5O4. The van der Waals surface area contributed by atoms with Gasteiger partial charge in [-0.05, 0) is 17.7 Å². The molecule has 0 aliphatic carbocycles. The van der Waals surface area contributed by atoms with Crippen LogP contribution < -0.4 is 15.2 Å². The quantitative estimate of drug-likeness (QED) is 0.668. The van der Waals surface area contributed by atoms with Crippen LogP contribution in [0.2, 0.25) is 5.28 Å².